The molecule has 134 valence electrons. The first-order valence-electron chi connectivity index (χ1n) is 8.78. The molecule has 2 aliphatic rings. The first-order valence-corrected chi connectivity index (χ1v) is 9.16. The van der Waals surface area contributed by atoms with Crippen LogP contribution in [0.3, 0.4) is 0 Å². The molecule has 0 aliphatic carbocycles. The highest BCUT2D eigenvalue weighted by Crippen LogP contribution is 2.37. The number of halogens is 1. The van der Waals surface area contributed by atoms with Crippen LogP contribution in [0.1, 0.15) is 25.8 Å². The summed E-state index contributed by atoms with van der Waals surface area (Å²) in [6.07, 6.45) is 1.51. The summed E-state index contributed by atoms with van der Waals surface area (Å²) in [6, 6.07) is 3.99. The van der Waals surface area contributed by atoms with Crippen LogP contribution in [-0.4, -0.2) is 56.5 Å². The highest BCUT2D eigenvalue weighted by atomic mass is 35.5. The van der Waals surface area contributed by atoms with Gasteiger partial charge in [-0.05, 0) is 31.5 Å². The standard InChI is InChI=1S/C18H27ClN2O3/c1-13-11-21(12-14(2)24-13)5-4-20-10-15-8-16(19)18-17(9-15)22-6-3-7-23-18/h8-9,13-14,20H,3-7,10-12H2,1-2H3. The van der Waals surface area contributed by atoms with E-state index in [1.54, 1.807) is 0 Å². The third-order valence-corrected chi connectivity index (χ3v) is 4.57. The van der Waals surface area contributed by atoms with E-state index in [0.717, 1.165) is 50.5 Å². The monoisotopic (exact) mass is 354 g/mol. The zero-order valence-electron chi connectivity index (χ0n) is 14.5. The van der Waals surface area contributed by atoms with Gasteiger partial charge in [0.15, 0.2) is 11.5 Å². The van der Waals surface area contributed by atoms with Crippen molar-refractivity contribution in [2.24, 2.45) is 0 Å². The van der Waals surface area contributed by atoms with Crippen molar-refractivity contribution in [1.82, 2.24) is 10.2 Å². The van der Waals surface area contributed by atoms with Crippen LogP contribution < -0.4 is 14.8 Å². The van der Waals surface area contributed by atoms with Gasteiger partial charge in [0.1, 0.15) is 0 Å². The fraction of sp³-hybridized carbons (Fsp3) is 0.667. The highest BCUT2D eigenvalue weighted by molar-refractivity contribution is 6.32. The number of ether oxygens (including phenoxy) is 3. The third kappa shape index (κ3) is 4.76. The fourth-order valence-corrected chi connectivity index (χ4v) is 3.61. The molecule has 0 spiro atoms. The van der Waals surface area contributed by atoms with Crippen molar-refractivity contribution < 1.29 is 14.2 Å². The topological polar surface area (TPSA) is 43.0 Å². The van der Waals surface area contributed by atoms with Gasteiger partial charge in [0.05, 0.1) is 30.4 Å². The Balaban J connectivity index is 1.48. The smallest absolute Gasteiger partial charge is 0.179 e. The first kappa shape index (κ1) is 17.8. The predicted octanol–water partition coefficient (Wildman–Crippen LogP) is 2.70. The van der Waals surface area contributed by atoms with Gasteiger partial charge in [-0.3, -0.25) is 4.90 Å². The van der Waals surface area contributed by atoms with Gasteiger partial charge in [0.25, 0.3) is 0 Å². The van der Waals surface area contributed by atoms with Crippen LogP contribution in [0, 0.1) is 0 Å². The van der Waals surface area contributed by atoms with Crippen molar-refractivity contribution in [3.63, 3.8) is 0 Å². The highest BCUT2D eigenvalue weighted by Gasteiger charge is 2.21. The van der Waals surface area contributed by atoms with Crippen LogP contribution in [0.4, 0.5) is 0 Å². The maximum absolute atomic E-state index is 6.33. The van der Waals surface area contributed by atoms with E-state index in [-0.39, 0.29) is 0 Å². The Labute approximate surface area is 149 Å². The van der Waals surface area contributed by atoms with E-state index in [1.165, 1.54) is 0 Å². The van der Waals surface area contributed by atoms with Gasteiger partial charge in [-0.25, -0.2) is 0 Å². The minimum atomic E-state index is 0.314. The normalized spacial score (nSPS) is 24.6. The van der Waals surface area contributed by atoms with E-state index in [2.05, 4.69) is 24.1 Å². The molecule has 1 aromatic rings. The van der Waals surface area contributed by atoms with Crippen molar-refractivity contribution in [2.75, 3.05) is 39.4 Å². The molecule has 1 aromatic carbocycles. The number of morpholine rings is 1. The van der Waals surface area contributed by atoms with Gasteiger partial charge >= 0.3 is 0 Å². The van der Waals surface area contributed by atoms with Crippen molar-refractivity contribution >= 4 is 11.6 Å². The van der Waals surface area contributed by atoms with E-state index < -0.39 is 0 Å². The number of rotatable bonds is 5. The largest absolute Gasteiger partial charge is 0.489 e. The van der Waals surface area contributed by atoms with Crippen LogP contribution in [0.25, 0.3) is 0 Å². The Kier molecular flexibility index (Phi) is 6.22. The molecule has 1 N–H and O–H groups in total. The second-order valence-electron chi connectivity index (χ2n) is 6.65. The van der Waals surface area contributed by atoms with E-state index >= 15 is 0 Å². The van der Waals surface area contributed by atoms with Crippen molar-refractivity contribution in [3.8, 4) is 11.5 Å². The number of hydrogen-bond donors (Lipinski definition) is 1. The Morgan fingerprint density at radius 3 is 2.71 bits per heavy atom. The van der Waals surface area contributed by atoms with E-state index in [9.17, 15) is 0 Å². The summed E-state index contributed by atoms with van der Waals surface area (Å²) in [5.74, 6) is 1.43. The molecule has 5 nitrogen and oxygen atoms in total. The quantitative estimate of drug-likeness (QED) is 0.823. The Morgan fingerprint density at radius 1 is 1.17 bits per heavy atom. The molecular weight excluding hydrogens is 328 g/mol. The molecule has 2 aliphatic heterocycles. The van der Waals surface area contributed by atoms with Crippen molar-refractivity contribution in [1.29, 1.82) is 0 Å². The average molecular weight is 355 g/mol. The summed E-state index contributed by atoms with van der Waals surface area (Å²) in [5, 5.41) is 4.12. The molecule has 0 saturated carbocycles. The van der Waals surface area contributed by atoms with Crippen LogP contribution in [0.2, 0.25) is 5.02 Å². The number of hydrogen-bond acceptors (Lipinski definition) is 5. The second kappa shape index (κ2) is 8.39. The Hall–Kier alpha value is -1.01. The number of benzene rings is 1. The molecule has 1 fully saturated rings. The van der Waals surface area contributed by atoms with Gasteiger partial charge in [0.2, 0.25) is 0 Å². The van der Waals surface area contributed by atoms with Crippen LogP contribution in [0.15, 0.2) is 12.1 Å². The van der Waals surface area contributed by atoms with Gasteiger partial charge in [-0.15, -0.1) is 0 Å². The molecule has 24 heavy (non-hydrogen) atoms. The lowest BCUT2D eigenvalue weighted by Crippen LogP contribution is -2.47. The van der Waals surface area contributed by atoms with Crippen molar-refractivity contribution in [2.45, 2.75) is 39.0 Å². The minimum Gasteiger partial charge on any atom is -0.489 e. The average Bonchev–Trinajstić information content (AvgIpc) is 2.76. The maximum Gasteiger partial charge on any atom is 0.179 e. The number of fused-ring (bicyclic) bond motifs is 1. The molecule has 2 unspecified atom stereocenters. The third-order valence-electron chi connectivity index (χ3n) is 4.29. The van der Waals surface area contributed by atoms with Crippen molar-refractivity contribution in [3.05, 3.63) is 22.7 Å². The summed E-state index contributed by atoms with van der Waals surface area (Å²) in [5.41, 5.74) is 1.12. The summed E-state index contributed by atoms with van der Waals surface area (Å²) in [4.78, 5) is 2.45. The molecule has 0 amide bonds. The number of nitrogens with zero attached hydrogens (tertiary/aromatic N) is 1. The van der Waals surface area contributed by atoms with E-state index in [0.29, 0.717) is 36.2 Å². The minimum absolute atomic E-state index is 0.314. The van der Waals surface area contributed by atoms with Crippen LogP contribution >= 0.6 is 11.6 Å². The Bertz CT molecular complexity index is 545. The second-order valence-corrected chi connectivity index (χ2v) is 7.06. The van der Waals surface area contributed by atoms with Crippen LogP contribution in [0.5, 0.6) is 11.5 Å². The molecular formula is C18H27ClN2O3. The van der Waals surface area contributed by atoms with Crippen LogP contribution in [-0.2, 0) is 11.3 Å². The predicted molar refractivity (Wildman–Crippen MR) is 95.2 cm³/mol. The Morgan fingerprint density at radius 2 is 1.92 bits per heavy atom. The molecule has 1 saturated heterocycles. The summed E-state index contributed by atoms with van der Waals surface area (Å²) in [6.45, 7) is 10.3. The van der Waals surface area contributed by atoms with E-state index in [1.807, 2.05) is 12.1 Å². The van der Waals surface area contributed by atoms with Gasteiger partial charge in [-0.2, -0.15) is 0 Å². The molecule has 6 heteroatoms. The maximum atomic E-state index is 6.33. The lowest BCUT2D eigenvalue weighted by molar-refractivity contribution is -0.0674. The lowest BCUT2D eigenvalue weighted by Gasteiger charge is -2.35. The molecule has 2 atom stereocenters. The fourth-order valence-electron chi connectivity index (χ4n) is 3.32. The van der Waals surface area contributed by atoms with Gasteiger partial charge < -0.3 is 19.5 Å². The SMILES string of the molecule is CC1CN(CCNCc2cc(Cl)c3c(c2)OCCCO3)CC(C)O1. The lowest BCUT2D eigenvalue weighted by atomic mass is 10.2. The zero-order chi connectivity index (χ0) is 16.9. The first-order chi connectivity index (χ1) is 11.6. The summed E-state index contributed by atoms with van der Waals surface area (Å²) in [7, 11) is 0. The molecule has 0 radical (unpaired) electrons. The molecule has 3 rings (SSSR count). The zero-order valence-corrected chi connectivity index (χ0v) is 15.3. The molecule has 2 heterocycles. The number of nitrogens with one attached hydrogen (secondary N) is 1. The molecule has 0 bridgehead atoms. The summed E-state index contributed by atoms with van der Waals surface area (Å²) >= 11 is 6.33. The van der Waals surface area contributed by atoms with Gasteiger partial charge in [-0.1, -0.05) is 11.6 Å². The van der Waals surface area contributed by atoms with Gasteiger partial charge in [0, 0.05) is 39.1 Å². The molecule has 0 aromatic heterocycles. The summed E-state index contributed by atoms with van der Waals surface area (Å²) < 4.78 is 17.2. The van der Waals surface area contributed by atoms with E-state index in [4.69, 9.17) is 25.8 Å².